The molecule has 0 N–H and O–H groups in total. The van der Waals surface area contributed by atoms with E-state index in [4.69, 9.17) is 14.4 Å². The van der Waals surface area contributed by atoms with Gasteiger partial charge in [-0.1, -0.05) is 132 Å². The largest absolute Gasteiger partial charge is 0.455 e. The van der Waals surface area contributed by atoms with E-state index in [0.717, 1.165) is 55.0 Å². The number of hydrogen-bond donors (Lipinski definition) is 0. The van der Waals surface area contributed by atoms with Crippen LogP contribution in [0, 0.1) is 0 Å². The molecule has 9 rings (SSSR count). The highest BCUT2D eigenvalue weighted by atomic mass is 28.3. The van der Waals surface area contributed by atoms with E-state index in [1.165, 1.54) is 15.6 Å². The molecule has 0 atom stereocenters. The lowest BCUT2D eigenvalue weighted by Crippen LogP contribution is -2.51. The third kappa shape index (κ3) is 4.20. The van der Waals surface area contributed by atoms with Gasteiger partial charge in [0, 0.05) is 27.9 Å². The first-order chi connectivity index (χ1) is 22.3. The molecule has 0 aliphatic heterocycles. The number of para-hydroxylation sites is 2. The van der Waals surface area contributed by atoms with Gasteiger partial charge < -0.3 is 4.42 Å². The Balaban J connectivity index is 1.21. The zero-order valence-corrected chi connectivity index (χ0v) is 25.3. The molecule has 6 aromatic carbocycles. The molecule has 211 valence electrons. The molecule has 3 heterocycles. The van der Waals surface area contributed by atoms with Crippen molar-refractivity contribution in [2.45, 2.75) is 0 Å². The van der Waals surface area contributed by atoms with E-state index in [-0.39, 0.29) is 0 Å². The molecule has 0 bridgehead atoms. The number of furan rings is 1. The lowest BCUT2D eigenvalue weighted by molar-refractivity contribution is 0.673. The van der Waals surface area contributed by atoms with Crippen molar-refractivity contribution in [2.75, 3.05) is 0 Å². The molecule has 4 nitrogen and oxygen atoms in total. The molecule has 9 aromatic rings. The maximum absolute atomic E-state index is 6.47. The summed E-state index contributed by atoms with van der Waals surface area (Å²) in [6, 6.07) is 53.6. The second-order valence-electron chi connectivity index (χ2n) is 11.2. The Morgan fingerprint density at radius 2 is 1.22 bits per heavy atom. The van der Waals surface area contributed by atoms with Crippen molar-refractivity contribution >= 4 is 68.1 Å². The fourth-order valence-electron chi connectivity index (χ4n) is 6.61. The summed E-state index contributed by atoms with van der Waals surface area (Å²) in [7, 11) is -1.21. The van der Waals surface area contributed by atoms with E-state index < -0.39 is 8.80 Å². The van der Waals surface area contributed by atoms with Crippen molar-refractivity contribution in [2.24, 2.45) is 0 Å². The molecule has 3 aromatic heterocycles. The summed E-state index contributed by atoms with van der Waals surface area (Å²) in [6.07, 6.45) is 1.87. The average molecular weight is 593 g/mol. The third-order valence-corrected chi connectivity index (χ3v) is 11.3. The van der Waals surface area contributed by atoms with Crippen LogP contribution in [0.3, 0.4) is 0 Å². The summed E-state index contributed by atoms with van der Waals surface area (Å²) in [4.78, 5) is 10.00. The van der Waals surface area contributed by atoms with Crippen LogP contribution < -0.4 is 15.6 Å². The smallest absolute Gasteiger partial charge is 0.235 e. The van der Waals surface area contributed by atoms with Gasteiger partial charge in [-0.3, -0.25) is 4.57 Å². The summed E-state index contributed by atoms with van der Waals surface area (Å²) < 4.78 is 8.63. The van der Waals surface area contributed by atoms with Gasteiger partial charge in [-0.15, -0.1) is 0 Å². The maximum atomic E-state index is 6.47. The molecular formula is C40H26N3OSi. The third-order valence-electron chi connectivity index (χ3n) is 8.59. The highest BCUT2D eigenvalue weighted by Crippen LogP contribution is 2.40. The minimum absolute atomic E-state index is 0.635. The SMILES string of the molecule is c1ccc([Si](c2ccccc2)c2cccc(-c3ccnc(-n4c5ccccc5c5c6oc7ccccc7c6ccc54)n3)c2)cc1. The van der Waals surface area contributed by atoms with E-state index in [1.807, 2.05) is 24.4 Å². The van der Waals surface area contributed by atoms with Crippen LogP contribution in [0.1, 0.15) is 0 Å². The Morgan fingerprint density at radius 1 is 0.533 bits per heavy atom. The van der Waals surface area contributed by atoms with Crippen LogP contribution in [-0.2, 0) is 0 Å². The van der Waals surface area contributed by atoms with Gasteiger partial charge in [0.2, 0.25) is 5.95 Å². The van der Waals surface area contributed by atoms with Crippen LogP contribution in [0.5, 0.6) is 0 Å². The number of aromatic nitrogens is 3. The zero-order valence-electron chi connectivity index (χ0n) is 24.3. The number of hydrogen-bond acceptors (Lipinski definition) is 3. The lowest BCUT2D eigenvalue weighted by Gasteiger charge is -2.17. The molecule has 0 saturated heterocycles. The van der Waals surface area contributed by atoms with Crippen LogP contribution >= 0.6 is 0 Å². The Hall–Kier alpha value is -5.78. The van der Waals surface area contributed by atoms with Crippen LogP contribution in [0.15, 0.2) is 162 Å². The summed E-state index contributed by atoms with van der Waals surface area (Å²) in [6.45, 7) is 0. The number of fused-ring (bicyclic) bond motifs is 7. The predicted octanol–water partition coefficient (Wildman–Crippen LogP) is 7.66. The molecule has 45 heavy (non-hydrogen) atoms. The van der Waals surface area contributed by atoms with Gasteiger partial charge >= 0.3 is 0 Å². The normalized spacial score (nSPS) is 11.8. The molecule has 0 aliphatic carbocycles. The van der Waals surface area contributed by atoms with Crippen LogP contribution in [0.2, 0.25) is 0 Å². The lowest BCUT2D eigenvalue weighted by atomic mass is 10.1. The first-order valence-electron chi connectivity index (χ1n) is 15.1. The predicted molar refractivity (Wildman–Crippen MR) is 187 cm³/mol. The molecule has 0 aliphatic rings. The maximum Gasteiger partial charge on any atom is 0.235 e. The van der Waals surface area contributed by atoms with E-state index in [0.29, 0.717) is 5.95 Å². The fourth-order valence-corrected chi connectivity index (χ4v) is 9.23. The van der Waals surface area contributed by atoms with Crippen molar-refractivity contribution in [3.8, 4) is 17.2 Å². The van der Waals surface area contributed by atoms with Gasteiger partial charge in [0.15, 0.2) is 8.80 Å². The monoisotopic (exact) mass is 592 g/mol. The molecule has 0 unspecified atom stereocenters. The van der Waals surface area contributed by atoms with Crippen LogP contribution in [-0.4, -0.2) is 23.3 Å². The van der Waals surface area contributed by atoms with Gasteiger partial charge in [-0.2, -0.15) is 0 Å². The van der Waals surface area contributed by atoms with E-state index in [9.17, 15) is 0 Å². The topological polar surface area (TPSA) is 43.9 Å². The van der Waals surface area contributed by atoms with E-state index >= 15 is 0 Å². The molecule has 0 amide bonds. The Morgan fingerprint density at radius 3 is 2.02 bits per heavy atom. The Bertz CT molecular complexity index is 2460. The second-order valence-corrected chi connectivity index (χ2v) is 13.7. The zero-order chi connectivity index (χ0) is 29.7. The number of nitrogens with zero attached hydrogens (tertiary/aromatic N) is 3. The molecule has 1 radical (unpaired) electrons. The van der Waals surface area contributed by atoms with Gasteiger partial charge in [0.25, 0.3) is 0 Å². The van der Waals surface area contributed by atoms with E-state index in [2.05, 4.69) is 138 Å². The highest BCUT2D eigenvalue weighted by molar-refractivity contribution is 6.95. The van der Waals surface area contributed by atoms with Crippen molar-refractivity contribution < 1.29 is 4.42 Å². The standard InChI is InChI=1S/C40H26N3OSi/c1-3-13-28(14-4-1)45(29-15-5-2-6-16-29)30-17-11-12-27(26-30)34-24-25-41-40(42-34)43-35-20-9-7-19-33(35)38-36(43)23-22-32-31-18-8-10-21-37(31)44-39(32)38/h1-26H. The molecule has 0 spiro atoms. The van der Waals surface area contributed by atoms with Gasteiger partial charge in [0.1, 0.15) is 11.2 Å². The van der Waals surface area contributed by atoms with E-state index in [1.54, 1.807) is 0 Å². The summed E-state index contributed by atoms with van der Waals surface area (Å²) in [5.74, 6) is 0.635. The van der Waals surface area contributed by atoms with Crippen molar-refractivity contribution in [1.82, 2.24) is 14.5 Å². The minimum Gasteiger partial charge on any atom is -0.455 e. The quantitative estimate of drug-likeness (QED) is 0.152. The second kappa shape index (κ2) is 10.4. The summed E-state index contributed by atoms with van der Waals surface area (Å²) in [5, 5.41) is 8.46. The number of rotatable bonds is 5. The van der Waals surface area contributed by atoms with Crippen molar-refractivity contribution in [1.29, 1.82) is 0 Å². The first kappa shape index (κ1) is 25.7. The molecule has 5 heteroatoms. The average Bonchev–Trinajstić information content (AvgIpc) is 3.65. The van der Waals surface area contributed by atoms with Crippen molar-refractivity contribution in [3.63, 3.8) is 0 Å². The Labute approximate surface area is 261 Å². The van der Waals surface area contributed by atoms with Crippen LogP contribution in [0.4, 0.5) is 0 Å². The molecule has 0 fully saturated rings. The summed E-state index contributed by atoms with van der Waals surface area (Å²) in [5.41, 5.74) is 5.81. The molecule has 0 saturated carbocycles. The number of benzene rings is 6. The van der Waals surface area contributed by atoms with Crippen molar-refractivity contribution in [3.05, 3.63) is 158 Å². The van der Waals surface area contributed by atoms with Gasteiger partial charge in [0.05, 0.1) is 22.1 Å². The van der Waals surface area contributed by atoms with Gasteiger partial charge in [-0.25, -0.2) is 9.97 Å². The Kier molecular flexibility index (Phi) is 5.96. The highest BCUT2D eigenvalue weighted by Gasteiger charge is 2.22. The van der Waals surface area contributed by atoms with Crippen LogP contribution in [0.25, 0.3) is 61.0 Å². The molecular weight excluding hydrogens is 567 g/mol. The first-order valence-corrected chi connectivity index (χ1v) is 16.6. The summed E-state index contributed by atoms with van der Waals surface area (Å²) >= 11 is 0. The minimum atomic E-state index is -1.21. The van der Waals surface area contributed by atoms with Gasteiger partial charge in [-0.05, 0) is 35.5 Å². The fraction of sp³-hybridized carbons (Fsp3) is 0.